The van der Waals surface area contributed by atoms with Crippen molar-refractivity contribution in [3.63, 3.8) is 0 Å². The highest BCUT2D eigenvalue weighted by Gasteiger charge is 2.28. The number of hydrogen-bond acceptors (Lipinski definition) is 5. The summed E-state index contributed by atoms with van der Waals surface area (Å²) in [5, 5.41) is 3.95. The second-order valence-electron chi connectivity index (χ2n) is 7.95. The van der Waals surface area contributed by atoms with E-state index >= 15 is 0 Å². The molecule has 1 atom stereocenters. The first-order chi connectivity index (χ1) is 14.5. The summed E-state index contributed by atoms with van der Waals surface area (Å²) < 4.78 is 10.9. The predicted molar refractivity (Wildman–Crippen MR) is 120 cm³/mol. The van der Waals surface area contributed by atoms with Gasteiger partial charge in [0.2, 0.25) is 0 Å². The van der Waals surface area contributed by atoms with Crippen LogP contribution in [0.15, 0.2) is 53.1 Å². The van der Waals surface area contributed by atoms with Gasteiger partial charge in [-0.25, -0.2) is 0 Å². The molecule has 0 aliphatic carbocycles. The Morgan fingerprint density at radius 2 is 1.80 bits per heavy atom. The molecule has 6 heteroatoms. The summed E-state index contributed by atoms with van der Waals surface area (Å²) in [7, 11) is 0. The van der Waals surface area contributed by atoms with E-state index < -0.39 is 0 Å². The highest BCUT2D eigenvalue weighted by Crippen LogP contribution is 2.39. The highest BCUT2D eigenvalue weighted by molar-refractivity contribution is 7.16. The molecule has 1 N–H and O–H groups in total. The molecule has 1 amide bonds. The van der Waals surface area contributed by atoms with Gasteiger partial charge in [-0.2, -0.15) is 0 Å². The molecule has 4 rings (SSSR count). The van der Waals surface area contributed by atoms with Gasteiger partial charge in [0.1, 0.15) is 5.00 Å². The van der Waals surface area contributed by atoms with Gasteiger partial charge < -0.3 is 14.5 Å². The van der Waals surface area contributed by atoms with Gasteiger partial charge in [-0.15, -0.1) is 11.3 Å². The Morgan fingerprint density at radius 3 is 2.43 bits per heavy atom. The number of nitrogens with zero attached hydrogens (tertiary/aromatic N) is 1. The molecule has 158 valence electrons. The predicted octanol–water partition coefficient (Wildman–Crippen LogP) is 5.45. The summed E-state index contributed by atoms with van der Waals surface area (Å²) in [5.74, 6) is 0.586. The minimum atomic E-state index is -0.223. The molecule has 1 aromatic carbocycles. The van der Waals surface area contributed by atoms with Crippen molar-refractivity contribution in [1.29, 1.82) is 0 Å². The molecule has 1 aliphatic rings. The van der Waals surface area contributed by atoms with E-state index in [1.54, 1.807) is 23.5 Å². The third kappa shape index (κ3) is 4.51. The number of anilines is 1. The minimum absolute atomic E-state index is 0.0620. The van der Waals surface area contributed by atoms with E-state index in [0.717, 1.165) is 41.7 Å². The molecule has 1 unspecified atom stereocenters. The molecule has 30 heavy (non-hydrogen) atoms. The van der Waals surface area contributed by atoms with Gasteiger partial charge in [0.25, 0.3) is 5.91 Å². The Kier molecular flexibility index (Phi) is 6.37. The molecule has 2 aromatic heterocycles. The largest absolute Gasteiger partial charge is 0.459 e. The number of rotatable bonds is 6. The zero-order valence-electron chi connectivity index (χ0n) is 17.7. The van der Waals surface area contributed by atoms with Gasteiger partial charge >= 0.3 is 0 Å². The fourth-order valence-corrected chi connectivity index (χ4v) is 4.83. The molecule has 3 aromatic rings. The van der Waals surface area contributed by atoms with E-state index in [1.807, 2.05) is 0 Å². The molecule has 0 bridgehead atoms. The van der Waals surface area contributed by atoms with Crippen LogP contribution in [0.1, 0.15) is 57.9 Å². The average Bonchev–Trinajstić information content (AvgIpc) is 3.40. The minimum Gasteiger partial charge on any atom is -0.459 e. The fourth-order valence-electron chi connectivity index (χ4n) is 3.89. The number of carbonyl (C=O) groups is 1. The van der Waals surface area contributed by atoms with Crippen LogP contribution in [-0.4, -0.2) is 37.1 Å². The highest BCUT2D eigenvalue weighted by atomic mass is 32.1. The first-order valence-corrected chi connectivity index (χ1v) is 11.2. The molecule has 1 fully saturated rings. The van der Waals surface area contributed by atoms with Gasteiger partial charge in [-0.1, -0.05) is 38.1 Å². The van der Waals surface area contributed by atoms with Crippen LogP contribution >= 0.6 is 11.3 Å². The standard InChI is InChI=1S/C24H28N2O3S/c1-16(2)18-6-8-19(9-7-18)22(26-10-13-28-14-11-26)20-15-17(3)30-24(20)25-23(27)21-5-4-12-29-21/h4-9,12,15-16,22H,10-11,13-14H2,1-3H3,(H,25,27). The molecule has 1 saturated heterocycles. The summed E-state index contributed by atoms with van der Waals surface area (Å²) >= 11 is 1.60. The van der Waals surface area contributed by atoms with Gasteiger partial charge in [0, 0.05) is 23.5 Å². The van der Waals surface area contributed by atoms with E-state index in [0.29, 0.717) is 11.7 Å². The van der Waals surface area contributed by atoms with Crippen molar-refractivity contribution < 1.29 is 13.9 Å². The third-order valence-electron chi connectivity index (χ3n) is 5.48. The monoisotopic (exact) mass is 424 g/mol. The first-order valence-electron chi connectivity index (χ1n) is 10.4. The van der Waals surface area contributed by atoms with Crippen LogP contribution in [0.2, 0.25) is 0 Å². The van der Waals surface area contributed by atoms with Gasteiger partial charge in [0.15, 0.2) is 5.76 Å². The summed E-state index contributed by atoms with van der Waals surface area (Å²) in [6.45, 7) is 9.65. The number of benzene rings is 1. The lowest BCUT2D eigenvalue weighted by Crippen LogP contribution is -2.39. The number of ether oxygens (including phenoxy) is 1. The number of nitrogens with one attached hydrogen (secondary N) is 1. The topological polar surface area (TPSA) is 54.7 Å². The zero-order valence-corrected chi connectivity index (χ0v) is 18.5. The maximum atomic E-state index is 12.7. The van der Waals surface area contributed by atoms with Crippen LogP contribution < -0.4 is 5.32 Å². The van der Waals surface area contributed by atoms with Crippen LogP contribution in [0.5, 0.6) is 0 Å². The maximum Gasteiger partial charge on any atom is 0.291 e. The molecule has 0 spiro atoms. The van der Waals surface area contributed by atoms with Crippen molar-refractivity contribution in [2.45, 2.75) is 32.7 Å². The van der Waals surface area contributed by atoms with E-state index in [4.69, 9.17) is 9.15 Å². The summed E-state index contributed by atoms with van der Waals surface area (Å²) in [6, 6.07) is 14.5. The molecular formula is C24H28N2O3S. The second kappa shape index (κ2) is 9.16. The third-order valence-corrected chi connectivity index (χ3v) is 6.46. The van der Waals surface area contributed by atoms with E-state index in [9.17, 15) is 4.79 Å². The van der Waals surface area contributed by atoms with E-state index in [2.05, 4.69) is 61.3 Å². The summed E-state index contributed by atoms with van der Waals surface area (Å²) in [6.07, 6.45) is 1.52. The number of morpholine rings is 1. The second-order valence-corrected chi connectivity index (χ2v) is 9.20. The lowest BCUT2D eigenvalue weighted by molar-refractivity contribution is 0.0241. The van der Waals surface area contributed by atoms with Crippen molar-refractivity contribution in [3.05, 3.63) is 76.1 Å². The van der Waals surface area contributed by atoms with Crippen molar-refractivity contribution >= 4 is 22.2 Å². The van der Waals surface area contributed by atoms with Gasteiger partial charge in [0.05, 0.1) is 25.5 Å². The van der Waals surface area contributed by atoms with Gasteiger partial charge in [-0.3, -0.25) is 9.69 Å². The number of carbonyl (C=O) groups excluding carboxylic acids is 1. The van der Waals surface area contributed by atoms with E-state index in [-0.39, 0.29) is 11.9 Å². The van der Waals surface area contributed by atoms with Crippen molar-refractivity contribution in [2.75, 3.05) is 31.6 Å². The maximum absolute atomic E-state index is 12.7. The Morgan fingerprint density at radius 1 is 1.10 bits per heavy atom. The number of aryl methyl sites for hydroxylation is 1. The molecule has 0 saturated carbocycles. The van der Waals surface area contributed by atoms with E-state index in [1.165, 1.54) is 17.4 Å². The normalized spacial score (nSPS) is 16.0. The Hall–Kier alpha value is -2.41. The van der Waals surface area contributed by atoms with Crippen LogP contribution in [-0.2, 0) is 4.74 Å². The van der Waals surface area contributed by atoms with Crippen LogP contribution in [0, 0.1) is 6.92 Å². The Bertz CT molecular complexity index is 971. The van der Waals surface area contributed by atoms with Crippen molar-refractivity contribution in [2.24, 2.45) is 0 Å². The molecule has 0 radical (unpaired) electrons. The SMILES string of the molecule is Cc1cc(C(c2ccc(C(C)C)cc2)N2CCOCC2)c(NC(=O)c2ccco2)s1. The number of amides is 1. The summed E-state index contributed by atoms with van der Waals surface area (Å²) in [5.41, 5.74) is 3.68. The van der Waals surface area contributed by atoms with Gasteiger partial charge in [-0.05, 0) is 42.2 Å². The summed E-state index contributed by atoms with van der Waals surface area (Å²) in [4.78, 5) is 16.3. The molecule has 1 aliphatic heterocycles. The van der Waals surface area contributed by atoms with Crippen molar-refractivity contribution in [3.8, 4) is 0 Å². The van der Waals surface area contributed by atoms with Crippen LogP contribution in [0.4, 0.5) is 5.00 Å². The quantitative estimate of drug-likeness (QED) is 0.572. The first kappa shape index (κ1) is 20.8. The number of hydrogen-bond donors (Lipinski definition) is 1. The van der Waals surface area contributed by atoms with Crippen LogP contribution in [0.3, 0.4) is 0 Å². The average molecular weight is 425 g/mol. The fraction of sp³-hybridized carbons (Fsp3) is 0.375. The Labute approximate surface area is 181 Å². The number of furan rings is 1. The van der Waals surface area contributed by atoms with Crippen molar-refractivity contribution in [1.82, 2.24) is 4.90 Å². The number of thiophene rings is 1. The van der Waals surface area contributed by atoms with Crippen LogP contribution in [0.25, 0.3) is 0 Å². The molecule has 3 heterocycles. The lowest BCUT2D eigenvalue weighted by atomic mass is 9.94. The lowest BCUT2D eigenvalue weighted by Gasteiger charge is -2.35. The zero-order chi connectivity index (χ0) is 21.1. The smallest absolute Gasteiger partial charge is 0.291 e. The molecule has 5 nitrogen and oxygen atoms in total. The Balaban J connectivity index is 1.71. The molecular weight excluding hydrogens is 396 g/mol.